The minimum absolute atomic E-state index is 0.335. The number of hydrogen-bond acceptors (Lipinski definition) is 3. The zero-order chi connectivity index (χ0) is 12.3. The van der Waals surface area contributed by atoms with Crippen LogP contribution in [0.3, 0.4) is 0 Å². The van der Waals surface area contributed by atoms with Crippen LogP contribution >= 0.6 is 0 Å². The highest BCUT2D eigenvalue weighted by Gasteiger charge is 2.14. The van der Waals surface area contributed by atoms with Crippen molar-refractivity contribution in [3.8, 4) is 5.75 Å². The van der Waals surface area contributed by atoms with Crippen LogP contribution in [0.4, 0.5) is 0 Å². The van der Waals surface area contributed by atoms with E-state index < -0.39 is 6.10 Å². The van der Waals surface area contributed by atoms with E-state index in [0.717, 1.165) is 22.4 Å². The highest BCUT2D eigenvalue weighted by molar-refractivity contribution is 5.80. The lowest BCUT2D eigenvalue weighted by molar-refractivity contribution is -0.127. The van der Waals surface area contributed by atoms with Gasteiger partial charge in [-0.15, -0.1) is 0 Å². The number of amides is 1. The third kappa shape index (κ3) is 2.73. The lowest BCUT2D eigenvalue weighted by Crippen LogP contribution is -2.40. The summed E-state index contributed by atoms with van der Waals surface area (Å²) in [6, 6.07) is 4.00. The normalized spacial score (nSPS) is 12.1. The molecule has 0 aliphatic rings. The number of aryl methyl sites for hydroxylation is 2. The van der Waals surface area contributed by atoms with Gasteiger partial charge in [0.25, 0.3) is 5.91 Å². The standard InChI is InChI=1S/C12H18N2O2/c1-7-5-8(2)9(3)11(6-7)16-10(4)12(15)14-13/h5-6,10H,13H2,1-4H3,(H,14,15)/t10-/m0/s1. The van der Waals surface area contributed by atoms with E-state index in [1.807, 2.05) is 26.8 Å². The molecule has 0 saturated carbocycles. The zero-order valence-electron chi connectivity index (χ0n) is 10.1. The fourth-order valence-electron chi connectivity index (χ4n) is 1.48. The maximum Gasteiger partial charge on any atom is 0.274 e. The van der Waals surface area contributed by atoms with Crippen molar-refractivity contribution in [1.82, 2.24) is 5.43 Å². The van der Waals surface area contributed by atoms with Crippen molar-refractivity contribution in [3.05, 3.63) is 28.8 Å². The van der Waals surface area contributed by atoms with E-state index in [1.165, 1.54) is 0 Å². The van der Waals surface area contributed by atoms with Crippen LogP contribution in [0.2, 0.25) is 0 Å². The van der Waals surface area contributed by atoms with Crippen LogP contribution in [0.25, 0.3) is 0 Å². The molecule has 0 radical (unpaired) electrons. The predicted octanol–water partition coefficient (Wildman–Crippen LogP) is 1.37. The van der Waals surface area contributed by atoms with Gasteiger partial charge >= 0.3 is 0 Å². The summed E-state index contributed by atoms with van der Waals surface area (Å²) in [7, 11) is 0. The first-order valence-corrected chi connectivity index (χ1v) is 5.20. The first kappa shape index (κ1) is 12.5. The summed E-state index contributed by atoms with van der Waals surface area (Å²) in [6.07, 6.45) is -0.593. The number of carbonyl (C=O) groups excluding carboxylic acids is 1. The molecular formula is C12H18N2O2. The number of nitrogens with two attached hydrogens (primary N) is 1. The number of benzene rings is 1. The van der Waals surface area contributed by atoms with Crippen molar-refractivity contribution in [2.75, 3.05) is 0 Å². The molecule has 1 atom stereocenters. The number of rotatable bonds is 3. The molecule has 0 aromatic heterocycles. The number of carbonyl (C=O) groups is 1. The molecule has 1 aromatic rings. The lowest BCUT2D eigenvalue weighted by atomic mass is 10.1. The zero-order valence-corrected chi connectivity index (χ0v) is 10.1. The van der Waals surface area contributed by atoms with Gasteiger partial charge in [-0.25, -0.2) is 5.84 Å². The van der Waals surface area contributed by atoms with Gasteiger partial charge in [0.15, 0.2) is 6.10 Å². The third-order valence-electron chi connectivity index (χ3n) is 2.58. The van der Waals surface area contributed by atoms with Crippen LogP contribution in [0.1, 0.15) is 23.6 Å². The van der Waals surface area contributed by atoms with Gasteiger partial charge in [-0.05, 0) is 50.5 Å². The molecule has 3 N–H and O–H groups in total. The number of hydrazine groups is 1. The molecule has 4 nitrogen and oxygen atoms in total. The van der Waals surface area contributed by atoms with Crippen molar-refractivity contribution in [2.45, 2.75) is 33.8 Å². The molecule has 0 unspecified atom stereocenters. The first-order chi connectivity index (χ1) is 7.45. The van der Waals surface area contributed by atoms with E-state index in [4.69, 9.17) is 10.6 Å². The second-order valence-corrected chi connectivity index (χ2v) is 3.97. The molecule has 0 bridgehead atoms. The van der Waals surface area contributed by atoms with Crippen LogP contribution in [-0.4, -0.2) is 12.0 Å². The van der Waals surface area contributed by atoms with Crippen molar-refractivity contribution < 1.29 is 9.53 Å². The number of hydrogen-bond donors (Lipinski definition) is 2. The van der Waals surface area contributed by atoms with Crippen molar-refractivity contribution in [1.29, 1.82) is 0 Å². The second kappa shape index (κ2) is 4.99. The molecule has 1 aromatic carbocycles. The summed E-state index contributed by atoms with van der Waals surface area (Å²) in [4.78, 5) is 11.2. The smallest absolute Gasteiger partial charge is 0.274 e. The molecule has 1 amide bonds. The van der Waals surface area contributed by atoms with Crippen molar-refractivity contribution >= 4 is 5.91 Å². The van der Waals surface area contributed by atoms with E-state index >= 15 is 0 Å². The van der Waals surface area contributed by atoms with Gasteiger partial charge in [-0.1, -0.05) is 6.07 Å². The molecule has 0 spiro atoms. The average molecular weight is 222 g/mol. The molecule has 1 rings (SSSR count). The van der Waals surface area contributed by atoms with Crippen molar-refractivity contribution in [2.24, 2.45) is 5.84 Å². The molecule has 0 fully saturated rings. The molecule has 16 heavy (non-hydrogen) atoms. The highest BCUT2D eigenvalue weighted by Crippen LogP contribution is 2.24. The summed E-state index contributed by atoms with van der Waals surface area (Å²) in [5.74, 6) is 5.44. The average Bonchev–Trinajstić information content (AvgIpc) is 2.23. The third-order valence-corrected chi connectivity index (χ3v) is 2.58. The van der Waals surface area contributed by atoms with Crippen molar-refractivity contribution in [3.63, 3.8) is 0 Å². The molecule has 0 aliphatic heterocycles. The second-order valence-electron chi connectivity index (χ2n) is 3.97. The quantitative estimate of drug-likeness (QED) is 0.461. The Morgan fingerprint density at radius 2 is 2.00 bits per heavy atom. The van der Waals surface area contributed by atoms with E-state index in [2.05, 4.69) is 11.5 Å². The Hall–Kier alpha value is -1.55. The Morgan fingerprint density at radius 1 is 1.38 bits per heavy atom. The summed E-state index contributed by atoms with van der Waals surface area (Å²) < 4.78 is 5.57. The number of nitrogens with one attached hydrogen (secondary N) is 1. The maximum atomic E-state index is 11.2. The predicted molar refractivity (Wildman–Crippen MR) is 63.1 cm³/mol. The highest BCUT2D eigenvalue weighted by atomic mass is 16.5. The summed E-state index contributed by atoms with van der Waals surface area (Å²) in [6.45, 7) is 7.65. The van der Waals surface area contributed by atoms with Gasteiger partial charge in [0.2, 0.25) is 0 Å². The molecule has 0 heterocycles. The lowest BCUT2D eigenvalue weighted by Gasteiger charge is -2.16. The number of ether oxygens (including phenoxy) is 1. The molecular weight excluding hydrogens is 204 g/mol. The van der Waals surface area contributed by atoms with Gasteiger partial charge in [0, 0.05) is 0 Å². The molecule has 4 heteroatoms. The summed E-state index contributed by atoms with van der Waals surface area (Å²) >= 11 is 0. The summed E-state index contributed by atoms with van der Waals surface area (Å²) in [5, 5.41) is 0. The summed E-state index contributed by atoms with van der Waals surface area (Å²) in [5.41, 5.74) is 5.37. The fraction of sp³-hybridized carbons (Fsp3) is 0.417. The van der Waals surface area contributed by atoms with Crippen LogP contribution in [0, 0.1) is 20.8 Å². The SMILES string of the molecule is Cc1cc(C)c(C)c(O[C@@H](C)C(=O)NN)c1. The molecule has 0 saturated heterocycles. The largest absolute Gasteiger partial charge is 0.481 e. The van der Waals surface area contributed by atoms with Crippen LogP contribution in [0.5, 0.6) is 5.75 Å². The Kier molecular flexibility index (Phi) is 3.90. The Morgan fingerprint density at radius 3 is 2.56 bits per heavy atom. The van der Waals surface area contributed by atoms with Gasteiger partial charge in [-0.2, -0.15) is 0 Å². The van der Waals surface area contributed by atoms with Crippen LogP contribution in [-0.2, 0) is 4.79 Å². The van der Waals surface area contributed by atoms with Gasteiger partial charge < -0.3 is 4.74 Å². The Bertz CT molecular complexity index is 402. The first-order valence-electron chi connectivity index (χ1n) is 5.20. The van der Waals surface area contributed by atoms with E-state index in [1.54, 1.807) is 6.92 Å². The monoisotopic (exact) mass is 222 g/mol. The minimum Gasteiger partial charge on any atom is -0.481 e. The van der Waals surface area contributed by atoms with E-state index in [9.17, 15) is 4.79 Å². The maximum absolute atomic E-state index is 11.2. The molecule has 0 aliphatic carbocycles. The Balaban J connectivity index is 2.93. The molecule has 88 valence electrons. The van der Waals surface area contributed by atoms with Crippen LogP contribution in [0.15, 0.2) is 12.1 Å². The van der Waals surface area contributed by atoms with Gasteiger partial charge in [0.1, 0.15) is 5.75 Å². The minimum atomic E-state index is -0.593. The topological polar surface area (TPSA) is 64.3 Å². The fourth-order valence-corrected chi connectivity index (χ4v) is 1.48. The van der Waals surface area contributed by atoms with E-state index in [-0.39, 0.29) is 5.91 Å². The Labute approximate surface area is 95.8 Å². The van der Waals surface area contributed by atoms with Gasteiger partial charge in [-0.3, -0.25) is 10.2 Å². The van der Waals surface area contributed by atoms with E-state index in [0.29, 0.717) is 0 Å². The van der Waals surface area contributed by atoms with Gasteiger partial charge in [0.05, 0.1) is 0 Å². The van der Waals surface area contributed by atoms with Crippen LogP contribution < -0.4 is 16.0 Å².